The first-order valence-electron chi connectivity index (χ1n) is 18.9. The summed E-state index contributed by atoms with van der Waals surface area (Å²) in [6, 6.07) is 28.1. The van der Waals surface area contributed by atoms with Crippen molar-refractivity contribution >= 4 is 47.2 Å². The van der Waals surface area contributed by atoms with Crippen molar-refractivity contribution in [3.05, 3.63) is 131 Å². The van der Waals surface area contributed by atoms with Crippen molar-refractivity contribution in [3.63, 3.8) is 0 Å². The van der Waals surface area contributed by atoms with Gasteiger partial charge in [-0.15, -0.1) is 0 Å². The zero-order valence-corrected chi connectivity index (χ0v) is 32.1. The first-order valence-corrected chi connectivity index (χ1v) is 18.9. The molecule has 6 amide bonds. The molecule has 58 heavy (non-hydrogen) atoms. The van der Waals surface area contributed by atoms with Crippen molar-refractivity contribution in [3.8, 4) is 11.8 Å². The predicted molar refractivity (Wildman–Crippen MR) is 215 cm³/mol. The zero-order valence-electron chi connectivity index (χ0n) is 32.1. The highest BCUT2D eigenvalue weighted by molar-refractivity contribution is 6.00. The monoisotopic (exact) mass is 784 g/mol. The molecule has 2 fully saturated rings. The van der Waals surface area contributed by atoms with Gasteiger partial charge in [-0.3, -0.25) is 19.2 Å². The number of anilines is 2. The quantitative estimate of drug-likeness (QED) is 0.160. The van der Waals surface area contributed by atoms with E-state index in [-0.39, 0.29) is 11.8 Å². The van der Waals surface area contributed by atoms with E-state index in [4.69, 9.17) is 9.47 Å². The number of carbonyl (C=O) groups is 6. The van der Waals surface area contributed by atoms with Gasteiger partial charge in [0.05, 0.1) is 14.2 Å². The van der Waals surface area contributed by atoms with Gasteiger partial charge in [-0.25, -0.2) is 9.59 Å². The highest BCUT2D eigenvalue weighted by atomic mass is 16.5. The number of hydrogen-bond acceptors (Lipinski definition) is 8. The van der Waals surface area contributed by atoms with E-state index in [1.54, 1.807) is 109 Å². The van der Waals surface area contributed by atoms with Gasteiger partial charge >= 0.3 is 12.2 Å². The number of rotatable bonds is 10. The molecule has 6 rings (SSSR count). The SMILES string of the molecule is COC(=O)N[C@H](C(=O)N1CCC[C@H]1C(=O)Nc1cccc(C#Cc2cccc(NC(=O)[C@@H]3CCCN3C(=O)[C@@H](NC(=O)OC)c3ccccc3)c2)c1)c1ccccc1. The van der Waals surface area contributed by atoms with Gasteiger partial charge < -0.3 is 40.5 Å². The molecule has 14 heteroatoms. The van der Waals surface area contributed by atoms with Gasteiger partial charge in [0.15, 0.2) is 0 Å². The summed E-state index contributed by atoms with van der Waals surface area (Å²) in [5, 5.41) is 11.0. The second kappa shape index (κ2) is 19.1. The molecule has 2 aliphatic rings. The first-order chi connectivity index (χ1) is 28.1. The molecule has 0 aromatic heterocycles. The molecule has 298 valence electrons. The minimum absolute atomic E-state index is 0.356. The average molecular weight is 785 g/mol. The Hall–Kier alpha value is -7.14. The largest absolute Gasteiger partial charge is 0.453 e. The summed E-state index contributed by atoms with van der Waals surface area (Å²) in [7, 11) is 2.44. The summed E-state index contributed by atoms with van der Waals surface area (Å²) < 4.78 is 9.51. The predicted octanol–water partition coefficient (Wildman–Crippen LogP) is 5.14. The van der Waals surface area contributed by atoms with E-state index in [0.717, 1.165) is 0 Å². The maximum Gasteiger partial charge on any atom is 0.407 e. The highest BCUT2D eigenvalue weighted by Crippen LogP contribution is 2.27. The molecule has 0 aliphatic carbocycles. The van der Waals surface area contributed by atoms with Crippen LogP contribution in [0.15, 0.2) is 109 Å². The van der Waals surface area contributed by atoms with Gasteiger partial charge in [0.25, 0.3) is 11.8 Å². The zero-order chi connectivity index (χ0) is 41.0. The lowest BCUT2D eigenvalue weighted by atomic mass is 10.0. The van der Waals surface area contributed by atoms with Gasteiger partial charge in [-0.1, -0.05) is 84.6 Å². The molecule has 0 radical (unpaired) electrons. The topological polar surface area (TPSA) is 175 Å². The molecule has 0 unspecified atom stereocenters. The Morgan fingerprint density at radius 2 is 0.966 bits per heavy atom. The molecule has 14 nitrogen and oxygen atoms in total. The maximum atomic E-state index is 13.7. The molecule has 4 N–H and O–H groups in total. The van der Waals surface area contributed by atoms with Gasteiger partial charge in [0.2, 0.25) is 11.8 Å². The fraction of sp³-hybridized carbons (Fsp3) is 0.273. The summed E-state index contributed by atoms with van der Waals surface area (Å²) in [6.07, 6.45) is 0.639. The fourth-order valence-corrected chi connectivity index (χ4v) is 7.10. The summed E-state index contributed by atoms with van der Waals surface area (Å²) in [4.78, 5) is 81.9. The molecule has 2 saturated heterocycles. The Morgan fingerprint density at radius 3 is 1.34 bits per heavy atom. The van der Waals surface area contributed by atoms with Crippen LogP contribution in [0.5, 0.6) is 0 Å². The van der Waals surface area contributed by atoms with Crippen LogP contribution < -0.4 is 21.3 Å². The Balaban J connectivity index is 1.09. The standard InChI is InChI=1S/C44H44N6O8/c1-57-43(55)47-37(31-15-5-3-6-16-31)41(53)49-25-11-21-35(49)39(51)45-33-19-9-13-29(27-33)23-24-30-14-10-20-34(28-30)46-40(52)36-22-12-26-50(36)42(54)38(48-44(56)58-2)32-17-7-4-8-18-32/h3-10,13-20,27-28,35-38H,11-12,21-22,25-26H2,1-2H3,(H,45,51)(H,46,52)(H,47,55)(H,48,56)/t35-,36-,37-,38-/m0/s1. The van der Waals surface area contributed by atoms with Crippen LogP contribution >= 0.6 is 0 Å². The molecular weight excluding hydrogens is 741 g/mol. The highest BCUT2D eigenvalue weighted by Gasteiger charge is 2.40. The summed E-state index contributed by atoms with van der Waals surface area (Å²) in [6.45, 7) is 0.711. The molecular formula is C44H44N6O8. The van der Waals surface area contributed by atoms with Gasteiger partial charge in [-0.05, 0) is 73.2 Å². The fourth-order valence-electron chi connectivity index (χ4n) is 7.10. The van der Waals surface area contributed by atoms with Crippen molar-refractivity contribution < 1.29 is 38.2 Å². The van der Waals surface area contributed by atoms with Crippen LogP contribution in [0.4, 0.5) is 21.0 Å². The Labute approximate surface area is 336 Å². The van der Waals surface area contributed by atoms with E-state index in [2.05, 4.69) is 33.1 Å². The van der Waals surface area contributed by atoms with Crippen molar-refractivity contribution in [2.24, 2.45) is 0 Å². The van der Waals surface area contributed by atoms with Crippen LogP contribution in [-0.2, 0) is 28.7 Å². The minimum Gasteiger partial charge on any atom is -0.453 e. The Morgan fingerprint density at radius 1 is 0.569 bits per heavy atom. The van der Waals surface area contributed by atoms with E-state index in [1.165, 1.54) is 24.0 Å². The maximum absolute atomic E-state index is 13.7. The molecule has 0 spiro atoms. The summed E-state index contributed by atoms with van der Waals surface area (Å²) in [5.41, 5.74) is 3.37. The number of hydrogen-bond donors (Lipinski definition) is 4. The second-order valence-electron chi connectivity index (χ2n) is 13.7. The third-order valence-corrected chi connectivity index (χ3v) is 9.94. The van der Waals surface area contributed by atoms with Crippen LogP contribution in [0.1, 0.15) is 60.0 Å². The van der Waals surface area contributed by atoms with Crippen molar-refractivity contribution in [1.29, 1.82) is 0 Å². The molecule has 4 atom stereocenters. The van der Waals surface area contributed by atoms with Crippen LogP contribution in [0.3, 0.4) is 0 Å². The third-order valence-electron chi connectivity index (χ3n) is 9.94. The Bertz CT molecular complexity index is 2050. The van der Waals surface area contributed by atoms with E-state index in [9.17, 15) is 28.8 Å². The Kier molecular flexibility index (Phi) is 13.4. The normalized spacial score (nSPS) is 16.8. The lowest BCUT2D eigenvalue weighted by Crippen LogP contribution is -2.48. The number of carbonyl (C=O) groups excluding carboxylic acids is 6. The van der Waals surface area contributed by atoms with Gasteiger partial charge in [-0.2, -0.15) is 0 Å². The number of methoxy groups -OCH3 is 2. The van der Waals surface area contributed by atoms with Crippen LogP contribution in [0.2, 0.25) is 0 Å². The molecule has 4 aromatic rings. The first kappa shape index (κ1) is 40.5. The summed E-state index contributed by atoms with van der Waals surface area (Å²) in [5.74, 6) is 4.67. The van der Waals surface area contributed by atoms with Gasteiger partial charge in [0, 0.05) is 35.6 Å². The van der Waals surface area contributed by atoms with Crippen molar-refractivity contribution in [1.82, 2.24) is 20.4 Å². The molecule has 0 bridgehead atoms. The second-order valence-corrected chi connectivity index (χ2v) is 13.7. The third kappa shape index (κ3) is 9.99. The number of likely N-dealkylation sites (tertiary alicyclic amines) is 2. The number of amides is 6. The van der Waals surface area contributed by atoms with Crippen molar-refractivity contribution in [2.75, 3.05) is 37.9 Å². The van der Waals surface area contributed by atoms with E-state index in [1.807, 2.05) is 0 Å². The van der Waals surface area contributed by atoms with E-state index < -0.39 is 48.2 Å². The summed E-state index contributed by atoms with van der Waals surface area (Å²) >= 11 is 0. The van der Waals surface area contributed by atoms with Crippen LogP contribution in [-0.4, -0.2) is 85.0 Å². The molecule has 2 heterocycles. The number of nitrogens with zero attached hydrogens (tertiary/aromatic N) is 2. The smallest absolute Gasteiger partial charge is 0.407 e. The van der Waals surface area contributed by atoms with E-state index in [0.29, 0.717) is 72.4 Å². The van der Waals surface area contributed by atoms with Crippen molar-refractivity contribution in [2.45, 2.75) is 49.9 Å². The van der Waals surface area contributed by atoms with Crippen LogP contribution in [0.25, 0.3) is 0 Å². The lowest BCUT2D eigenvalue weighted by Gasteiger charge is -2.28. The number of benzene rings is 4. The van der Waals surface area contributed by atoms with Crippen LogP contribution in [0, 0.1) is 11.8 Å². The number of alkyl carbamates (subject to hydrolysis) is 2. The average Bonchev–Trinajstić information content (AvgIpc) is 3.96. The molecule has 0 saturated carbocycles. The van der Waals surface area contributed by atoms with E-state index >= 15 is 0 Å². The lowest BCUT2D eigenvalue weighted by molar-refractivity contribution is -0.138. The molecule has 4 aromatic carbocycles. The minimum atomic E-state index is -1.02. The van der Waals surface area contributed by atoms with Gasteiger partial charge in [0.1, 0.15) is 24.2 Å². The number of nitrogens with one attached hydrogen (secondary N) is 4. The molecule has 2 aliphatic heterocycles. The number of ether oxygens (including phenoxy) is 2.